The molecule has 0 bridgehead atoms. The highest BCUT2D eigenvalue weighted by Gasteiger charge is 2.08. The van der Waals surface area contributed by atoms with Gasteiger partial charge in [0, 0.05) is 35.4 Å². The van der Waals surface area contributed by atoms with Gasteiger partial charge in [-0.1, -0.05) is 28.1 Å². The molecule has 0 aliphatic heterocycles. The lowest BCUT2D eigenvalue weighted by atomic mass is 10.2. The zero-order valence-electron chi connectivity index (χ0n) is 11.8. The molecule has 4 nitrogen and oxygen atoms in total. The Morgan fingerprint density at radius 1 is 0.905 bits per heavy atom. The summed E-state index contributed by atoms with van der Waals surface area (Å²) in [5.74, 6) is 1.48. The molecule has 0 spiro atoms. The van der Waals surface area contributed by atoms with Crippen LogP contribution in [0.1, 0.15) is 0 Å². The summed E-state index contributed by atoms with van der Waals surface area (Å²) < 4.78 is 1.05. The van der Waals surface area contributed by atoms with Crippen LogP contribution < -0.4 is 4.90 Å². The van der Waals surface area contributed by atoms with Crippen molar-refractivity contribution in [1.29, 1.82) is 0 Å². The Morgan fingerprint density at radius 2 is 1.52 bits per heavy atom. The van der Waals surface area contributed by atoms with Crippen molar-refractivity contribution < 1.29 is 0 Å². The minimum atomic E-state index is 0.707. The van der Waals surface area contributed by atoms with Crippen molar-refractivity contribution in [2.24, 2.45) is 0 Å². The normalized spacial score (nSPS) is 10.6. The minimum Gasteiger partial charge on any atom is -0.378 e. The molecular formula is C16H15BrN4. The molecule has 106 valence electrons. The maximum Gasteiger partial charge on any atom is 0.181 e. The molecule has 0 amide bonds. The van der Waals surface area contributed by atoms with Gasteiger partial charge in [0.1, 0.15) is 0 Å². The van der Waals surface area contributed by atoms with E-state index in [2.05, 4.69) is 48.1 Å². The largest absolute Gasteiger partial charge is 0.378 e. The molecule has 0 fully saturated rings. The fourth-order valence-electron chi connectivity index (χ4n) is 2.04. The lowest BCUT2D eigenvalue weighted by Gasteiger charge is -2.11. The quantitative estimate of drug-likeness (QED) is 0.783. The van der Waals surface area contributed by atoms with Crippen molar-refractivity contribution in [3.05, 3.63) is 53.0 Å². The van der Waals surface area contributed by atoms with Crippen LogP contribution in [-0.4, -0.2) is 29.3 Å². The molecular weight excluding hydrogens is 328 g/mol. The summed E-state index contributed by atoms with van der Waals surface area (Å²) in [6, 6.07) is 16.2. The summed E-state index contributed by atoms with van der Waals surface area (Å²) in [5.41, 5.74) is 3.17. The first kappa shape index (κ1) is 13.8. The van der Waals surface area contributed by atoms with Crippen LogP contribution >= 0.6 is 15.9 Å². The SMILES string of the molecule is CN(C)c1ccc(-c2n[nH]c(-c3ccc(Br)cc3)n2)cc1. The van der Waals surface area contributed by atoms with Crippen LogP contribution in [0.15, 0.2) is 53.0 Å². The predicted octanol–water partition coefficient (Wildman–Crippen LogP) is 3.97. The number of H-pyrrole nitrogens is 1. The van der Waals surface area contributed by atoms with Gasteiger partial charge >= 0.3 is 0 Å². The van der Waals surface area contributed by atoms with E-state index in [9.17, 15) is 0 Å². The molecule has 0 unspecified atom stereocenters. The average molecular weight is 343 g/mol. The van der Waals surface area contributed by atoms with Crippen molar-refractivity contribution >= 4 is 21.6 Å². The molecule has 1 heterocycles. The molecule has 2 aromatic carbocycles. The van der Waals surface area contributed by atoms with E-state index in [-0.39, 0.29) is 0 Å². The number of benzene rings is 2. The molecule has 0 aliphatic rings. The molecule has 5 heteroatoms. The Bertz CT molecular complexity index is 730. The van der Waals surface area contributed by atoms with Gasteiger partial charge in [0.15, 0.2) is 11.6 Å². The van der Waals surface area contributed by atoms with Crippen molar-refractivity contribution in [3.63, 3.8) is 0 Å². The Hall–Kier alpha value is -2.14. The molecule has 1 aromatic heterocycles. The van der Waals surface area contributed by atoms with E-state index in [1.54, 1.807) is 0 Å². The summed E-state index contributed by atoms with van der Waals surface area (Å²) in [5, 5.41) is 7.29. The summed E-state index contributed by atoms with van der Waals surface area (Å²) in [4.78, 5) is 6.62. The number of hydrogen-bond acceptors (Lipinski definition) is 3. The number of nitrogens with one attached hydrogen (secondary N) is 1. The van der Waals surface area contributed by atoms with Gasteiger partial charge in [-0.3, -0.25) is 5.10 Å². The topological polar surface area (TPSA) is 44.8 Å². The zero-order chi connectivity index (χ0) is 14.8. The van der Waals surface area contributed by atoms with Crippen molar-refractivity contribution in [2.45, 2.75) is 0 Å². The fourth-order valence-corrected chi connectivity index (χ4v) is 2.30. The van der Waals surface area contributed by atoms with Crippen LogP contribution in [0, 0.1) is 0 Å². The first-order chi connectivity index (χ1) is 10.1. The van der Waals surface area contributed by atoms with E-state index < -0.39 is 0 Å². The second kappa shape index (κ2) is 5.69. The van der Waals surface area contributed by atoms with E-state index in [1.807, 2.05) is 50.5 Å². The molecule has 3 aromatic rings. The lowest BCUT2D eigenvalue weighted by Crippen LogP contribution is -2.07. The average Bonchev–Trinajstić information content (AvgIpc) is 2.98. The maximum atomic E-state index is 4.56. The number of rotatable bonds is 3. The fraction of sp³-hybridized carbons (Fsp3) is 0.125. The van der Waals surface area contributed by atoms with Gasteiger partial charge in [-0.15, -0.1) is 0 Å². The Kier molecular flexibility index (Phi) is 3.75. The zero-order valence-corrected chi connectivity index (χ0v) is 13.4. The van der Waals surface area contributed by atoms with Gasteiger partial charge in [-0.05, 0) is 36.4 Å². The van der Waals surface area contributed by atoms with Gasteiger partial charge in [-0.2, -0.15) is 5.10 Å². The number of aromatic amines is 1. The highest BCUT2D eigenvalue weighted by Crippen LogP contribution is 2.23. The second-order valence-corrected chi connectivity index (χ2v) is 5.87. The molecule has 0 atom stereocenters. The monoisotopic (exact) mass is 342 g/mol. The highest BCUT2D eigenvalue weighted by atomic mass is 79.9. The molecule has 3 rings (SSSR count). The number of anilines is 1. The van der Waals surface area contributed by atoms with E-state index >= 15 is 0 Å². The molecule has 21 heavy (non-hydrogen) atoms. The van der Waals surface area contributed by atoms with E-state index in [0.717, 1.165) is 27.1 Å². The summed E-state index contributed by atoms with van der Waals surface area (Å²) in [6.07, 6.45) is 0. The summed E-state index contributed by atoms with van der Waals surface area (Å²) >= 11 is 3.43. The molecule has 1 N–H and O–H groups in total. The standard InChI is InChI=1S/C16H15BrN4/c1-21(2)14-9-5-12(6-10-14)16-18-15(19-20-16)11-3-7-13(17)8-4-11/h3-10H,1-2H3,(H,18,19,20). The highest BCUT2D eigenvalue weighted by molar-refractivity contribution is 9.10. The third-order valence-electron chi connectivity index (χ3n) is 3.24. The van der Waals surface area contributed by atoms with Crippen LogP contribution in [0.2, 0.25) is 0 Å². The molecule has 0 aliphatic carbocycles. The van der Waals surface area contributed by atoms with Crippen LogP contribution in [0.4, 0.5) is 5.69 Å². The summed E-state index contributed by atoms with van der Waals surface area (Å²) in [7, 11) is 4.04. The van der Waals surface area contributed by atoms with Crippen LogP contribution in [-0.2, 0) is 0 Å². The van der Waals surface area contributed by atoms with E-state index in [0.29, 0.717) is 5.82 Å². The number of hydrogen-bond donors (Lipinski definition) is 1. The first-order valence-electron chi connectivity index (χ1n) is 6.59. The second-order valence-electron chi connectivity index (χ2n) is 4.96. The molecule has 0 saturated carbocycles. The molecule has 0 saturated heterocycles. The van der Waals surface area contributed by atoms with Crippen LogP contribution in [0.25, 0.3) is 22.8 Å². The van der Waals surface area contributed by atoms with Crippen LogP contribution in [0.3, 0.4) is 0 Å². The Balaban J connectivity index is 1.89. The van der Waals surface area contributed by atoms with Gasteiger partial charge in [0.25, 0.3) is 0 Å². The Morgan fingerprint density at radius 3 is 2.14 bits per heavy atom. The third-order valence-corrected chi connectivity index (χ3v) is 3.77. The predicted molar refractivity (Wildman–Crippen MR) is 89.3 cm³/mol. The van der Waals surface area contributed by atoms with Crippen molar-refractivity contribution in [2.75, 3.05) is 19.0 Å². The van der Waals surface area contributed by atoms with E-state index in [4.69, 9.17) is 0 Å². The number of nitrogens with zero attached hydrogens (tertiary/aromatic N) is 3. The number of aromatic nitrogens is 3. The number of halogens is 1. The van der Waals surface area contributed by atoms with E-state index in [1.165, 1.54) is 0 Å². The van der Waals surface area contributed by atoms with Gasteiger partial charge in [0.05, 0.1) is 0 Å². The lowest BCUT2D eigenvalue weighted by molar-refractivity contribution is 1.10. The molecule has 0 radical (unpaired) electrons. The smallest absolute Gasteiger partial charge is 0.181 e. The minimum absolute atomic E-state index is 0.707. The third kappa shape index (κ3) is 2.97. The van der Waals surface area contributed by atoms with Gasteiger partial charge < -0.3 is 4.90 Å². The van der Waals surface area contributed by atoms with Crippen molar-refractivity contribution in [1.82, 2.24) is 15.2 Å². The van der Waals surface area contributed by atoms with Crippen LogP contribution in [0.5, 0.6) is 0 Å². The van der Waals surface area contributed by atoms with Crippen molar-refractivity contribution in [3.8, 4) is 22.8 Å². The first-order valence-corrected chi connectivity index (χ1v) is 7.39. The van der Waals surface area contributed by atoms with Gasteiger partial charge in [-0.25, -0.2) is 4.98 Å². The van der Waals surface area contributed by atoms with Gasteiger partial charge in [0.2, 0.25) is 0 Å². The maximum absolute atomic E-state index is 4.56. The summed E-state index contributed by atoms with van der Waals surface area (Å²) in [6.45, 7) is 0. The Labute approximate surface area is 132 Å².